The number of esters is 2. The smallest absolute Gasteiger partial charge is 0.466 e. The Balaban J connectivity index is 2.43. The van der Waals surface area contributed by atoms with E-state index in [0.29, 0.717) is 43.1 Å². The van der Waals surface area contributed by atoms with Crippen LogP contribution < -0.4 is 0 Å². The minimum atomic E-state index is -4.44. The number of quaternary nitrogens is 1. The summed E-state index contributed by atoms with van der Waals surface area (Å²) in [6.07, 6.45) is 37.1. The van der Waals surface area contributed by atoms with Gasteiger partial charge in [-0.15, -0.1) is 0 Å². The molecule has 0 saturated heterocycles. The van der Waals surface area contributed by atoms with Crippen LogP contribution in [0.15, 0.2) is 77.3 Å². The standard InChI is InChI=1S/C52H86NO11P/c1-8-10-24-32-46(54)34-27-22-23-28-35-47(55)33-26-18-16-17-21-31-39-52(57)63-48(43-62-65(58,59)61-41-40-53(5,6)7)42-60-51(56)38-30-20-15-13-12-14-19-29-37-50-45(4)44(3)49(64-50)36-25-11-9-2/h10,17-18,21-24,26-28,34-35,46-48,54-55H,8-9,11-16,19-20,25,29-33,36-43H2,1-7H3/p+1/b21-17-,23-22-,24-10-,26-18-,34-27+,35-28+/t46-,47+,48+/m0/s1. The molecule has 12 nitrogen and oxygen atoms in total. The summed E-state index contributed by atoms with van der Waals surface area (Å²) in [4.78, 5) is 35.6. The van der Waals surface area contributed by atoms with Crippen molar-refractivity contribution in [3.05, 3.63) is 95.6 Å². The molecule has 1 unspecified atom stereocenters. The number of nitrogens with zero attached hydrogens (tertiary/aromatic N) is 1. The van der Waals surface area contributed by atoms with Crippen LogP contribution in [-0.4, -0.2) is 97.3 Å². The van der Waals surface area contributed by atoms with E-state index in [4.69, 9.17) is 22.9 Å². The maximum Gasteiger partial charge on any atom is 0.472 e. The quantitative estimate of drug-likeness (QED) is 0.0144. The van der Waals surface area contributed by atoms with Crippen molar-refractivity contribution in [3.8, 4) is 0 Å². The van der Waals surface area contributed by atoms with Gasteiger partial charge in [0.2, 0.25) is 0 Å². The summed E-state index contributed by atoms with van der Waals surface area (Å²) in [7, 11) is 1.33. The van der Waals surface area contributed by atoms with Crippen LogP contribution in [0, 0.1) is 13.8 Å². The number of unbranched alkanes of at least 4 members (excludes halogenated alkanes) is 9. The second-order valence-electron chi connectivity index (χ2n) is 17.7. The van der Waals surface area contributed by atoms with Crippen molar-refractivity contribution in [3.63, 3.8) is 0 Å². The number of carbonyl (C=O) groups is 2. The Morgan fingerprint density at radius 2 is 1.23 bits per heavy atom. The number of phosphoric ester groups is 1. The van der Waals surface area contributed by atoms with E-state index in [1.807, 2.05) is 64.5 Å². The molecule has 65 heavy (non-hydrogen) atoms. The van der Waals surface area contributed by atoms with Gasteiger partial charge in [0.15, 0.2) is 6.10 Å². The minimum Gasteiger partial charge on any atom is -0.466 e. The Morgan fingerprint density at radius 3 is 1.82 bits per heavy atom. The minimum absolute atomic E-state index is 0.0122. The number of allylic oxidation sites excluding steroid dienone is 8. The Labute approximate surface area is 392 Å². The summed E-state index contributed by atoms with van der Waals surface area (Å²) in [5.41, 5.74) is 2.64. The van der Waals surface area contributed by atoms with Gasteiger partial charge < -0.3 is 33.5 Å². The monoisotopic (exact) mass is 933 g/mol. The van der Waals surface area contributed by atoms with Gasteiger partial charge in [0, 0.05) is 25.7 Å². The van der Waals surface area contributed by atoms with Gasteiger partial charge in [0.25, 0.3) is 0 Å². The van der Waals surface area contributed by atoms with Crippen LogP contribution in [0.1, 0.15) is 152 Å². The zero-order valence-electron chi connectivity index (χ0n) is 41.1. The number of hydrogen-bond donors (Lipinski definition) is 3. The molecule has 0 spiro atoms. The molecular formula is C52H87NO11P+. The number of aryl methyl sites for hydroxylation is 2. The van der Waals surface area contributed by atoms with Crippen molar-refractivity contribution in [1.82, 2.24) is 0 Å². The van der Waals surface area contributed by atoms with Gasteiger partial charge in [-0.1, -0.05) is 138 Å². The second-order valence-corrected chi connectivity index (χ2v) is 19.2. The van der Waals surface area contributed by atoms with E-state index >= 15 is 0 Å². The van der Waals surface area contributed by atoms with Crippen molar-refractivity contribution in [1.29, 1.82) is 0 Å². The van der Waals surface area contributed by atoms with Crippen molar-refractivity contribution in [2.45, 2.75) is 174 Å². The summed E-state index contributed by atoms with van der Waals surface area (Å²) in [5, 5.41) is 20.0. The number of carbonyl (C=O) groups excluding carboxylic acids is 2. The van der Waals surface area contributed by atoms with E-state index in [-0.39, 0.29) is 26.1 Å². The molecule has 0 aromatic carbocycles. The fraction of sp³-hybridized carbons (Fsp3) is 0.654. The molecule has 370 valence electrons. The molecule has 1 rings (SSSR count). The van der Waals surface area contributed by atoms with E-state index in [1.54, 1.807) is 36.5 Å². The first-order valence-corrected chi connectivity index (χ1v) is 25.7. The number of aliphatic hydroxyl groups is 2. The zero-order valence-corrected chi connectivity index (χ0v) is 42.0. The predicted octanol–water partition coefficient (Wildman–Crippen LogP) is 11.4. The van der Waals surface area contributed by atoms with Gasteiger partial charge >= 0.3 is 19.8 Å². The van der Waals surface area contributed by atoms with E-state index < -0.39 is 44.7 Å². The van der Waals surface area contributed by atoms with E-state index in [0.717, 1.165) is 62.9 Å². The molecular weight excluding hydrogens is 846 g/mol. The van der Waals surface area contributed by atoms with Crippen LogP contribution in [0.5, 0.6) is 0 Å². The van der Waals surface area contributed by atoms with E-state index in [9.17, 15) is 29.3 Å². The SMILES string of the molecule is CC/C=C\C[C@H](O)/C=C/C=C\C=C\[C@H](O)C/C=C\C/C=C\CCC(=O)O[C@H](COC(=O)CCCCCCCCCCc1oc(CCCCC)c(C)c1C)COP(=O)(O)OCC[N+](C)(C)C. The first-order chi connectivity index (χ1) is 31.1. The normalized spacial score (nSPS) is 15.0. The summed E-state index contributed by atoms with van der Waals surface area (Å²) < 4.78 is 40.5. The first-order valence-electron chi connectivity index (χ1n) is 24.2. The van der Waals surface area contributed by atoms with Crippen molar-refractivity contribution in [2.75, 3.05) is 47.5 Å². The Morgan fingerprint density at radius 1 is 0.677 bits per heavy atom. The maximum absolute atomic E-state index is 12.7. The molecule has 1 aromatic rings. The molecule has 0 bridgehead atoms. The molecule has 13 heteroatoms. The van der Waals surface area contributed by atoms with Crippen LogP contribution in [0.25, 0.3) is 0 Å². The number of likely N-dealkylation sites (N-methyl/N-ethyl adjacent to an activating group) is 1. The van der Waals surface area contributed by atoms with Gasteiger partial charge in [-0.3, -0.25) is 18.6 Å². The third-order valence-corrected chi connectivity index (χ3v) is 11.6. The Hall–Kier alpha value is -3.35. The van der Waals surface area contributed by atoms with Crippen molar-refractivity contribution in [2.24, 2.45) is 0 Å². The van der Waals surface area contributed by atoms with Crippen LogP contribution in [0.3, 0.4) is 0 Å². The van der Waals surface area contributed by atoms with Gasteiger partial charge in [0.05, 0.1) is 40.0 Å². The highest BCUT2D eigenvalue weighted by Gasteiger charge is 2.27. The van der Waals surface area contributed by atoms with Crippen molar-refractivity contribution >= 4 is 19.8 Å². The molecule has 0 saturated carbocycles. The molecule has 1 aromatic heterocycles. The van der Waals surface area contributed by atoms with Crippen LogP contribution in [0.2, 0.25) is 0 Å². The van der Waals surface area contributed by atoms with Crippen LogP contribution in [0.4, 0.5) is 0 Å². The molecule has 0 amide bonds. The second kappa shape index (κ2) is 36.7. The average molecular weight is 933 g/mol. The number of ether oxygens (including phenoxy) is 2. The summed E-state index contributed by atoms with van der Waals surface area (Å²) >= 11 is 0. The fourth-order valence-corrected chi connectivity index (χ4v) is 7.25. The molecule has 0 aliphatic heterocycles. The number of furan rings is 1. The first kappa shape index (κ1) is 59.7. The third-order valence-electron chi connectivity index (χ3n) is 10.6. The molecule has 3 N–H and O–H groups in total. The lowest BCUT2D eigenvalue weighted by molar-refractivity contribution is -0.870. The zero-order chi connectivity index (χ0) is 48.2. The van der Waals surface area contributed by atoms with Gasteiger partial charge in [0.1, 0.15) is 31.3 Å². The van der Waals surface area contributed by atoms with Crippen LogP contribution in [-0.2, 0) is 45.5 Å². The van der Waals surface area contributed by atoms with Crippen LogP contribution >= 0.6 is 7.82 Å². The van der Waals surface area contributed by atoms with E-state index in [2.05, 4.69) is 20.8 Å². The fourth-order valence-electron chi connectivity index (χ4n) is 6.51. The summed E-state index contributed by atoms with van der Waals surface area (Å²) in [6.45, 7) is 8.30. The number of hydrogen-bond acceptors (Lipinski definition) is 10. The number of aliphatic hydroxyl groups excluding tert-OH is 2. The largest absolute Gasteiger partial charge is 0.472 e. The lowest BCUT2D eigenvalue weighted by Gasteiger charge is -2.24. The highest BCUT2D eigenvalue weighted by Crippen LogP contribution is 2.43. The average Bonchev–Trinajstić information content (AvgIpc) is 3.51. The van der Waals surface area contributed by atoms with Gasteiger partial charge in [-0.25, -0.2) is 4.57 Å². The summed E-state index contributed by atoms with van der Waals surface area (Å²) in [6, 6.07) is 0. The number of rotatable bonds is 39. The maximum atomic E-state index is 12.7. The van der Waals surface area contributed by atoms with E-state index in [1.165, 1.54) is 43.2 Å². The lowest BCUT2D eigenvalue weighted by atomic mass is 10.0. The highest BCUT2D eigenvalue weighted by atomic mass is 31.2. The number of phosphoric acid groups is 1. The third kappa shape index (κ3) is 33.7. The Bertz CT molecular complexity index is 1650. The molecule has 0 aliphatic carbocycles. The highest BCUT2D eigenvalue weighted by molar-refractivity contribution is 7.47. The molecule has 1 heterocycles. The van der Waals surface area contributed by atoms with Gasteiger partial charge in [-0.2, -0.15) is 0 Å². The molecule has 4 atom stereocenters. The molecule has 0 radical (unpaired) electrons. The molecule has 0 aliphatic rings. The lowest BCUT2D eigenvalue weighted by Crippen LogP contribution is -2.37. The summed E-state index contributed by atoms with van der Waals surface area (Å²) in [5.74, 6) is 1.32. The van der Waals surface area contributed by atoms with Gasteiger partial charge in [-0.05, 0) is 76.3 Å². The topological polar surface area (TPSA) is 162 Å². The van der Waals surface area contributed by atoms with Crippen molar-refractivity contribution < 1.29 is 56.7 Å². The predicted molar refractivity (Wildman–Crippen MR) is 262 cm³/mol. The Kier molecular flexibility index (Phi) is 33.7. The molecule has 0 fully saturated rings.